The Morgan fingerprint density at radius 1 is 1.47 bits per heavy atom. The summed E-state index contributed by atoms with van der Waals surface area (Å²) in [5.74, 6) is 0. The van der Waals surface area contributed by atoms with Crippen LogP contribution in [0.25, 0.3) is 0 Å². The third-order valence-electron chi connectivity index (χ3n) is 2.74. The van der Waals surface area contributed by atoms with E-state index in [1.807, 2.05) is 7.05 Å². The second-order valence-corrected chi connectivity index (χ2v) is 5.41. The fourth-order valence-electron chi connectivity index (χ4n) is 1.90. The predicted octanol–water partition coefficient (Wildman–Crippen LogP) is -1.42. The van der Waals surface area contributed by atoms with Crippen LogP contribution in [0.3, 0.4) is 0 Å². The number of likely N-dealkylation sites (tertiary alicyclic amines) is 1. The van der Waals surface area contributed by atoms with E-state index in [2.05, 4.69) is 4.90 Å². The van der Waals surface area contributed by atoms with Gasteiger partial charge in [-0.15, -0.1) is 0 Å². The number of piperidine rings is 1. The molecule has 0 unspecified atom stereocenters. The fraction of sp³-hybridized carbons (Fsp3) is 1.00. The molecule has 1 rings (SSSR count). The molecule has 6 nitrogen and oxygen atoms in total. The molecular weight excluding hydrogens is 218 g/mol. The summed E-state index contributed by atoms with van der Waals surface area (Å²) in [4.78, 5) is 2.15. The van der Waals surface area contributed by atoms with Crippen LogP contribution in [-0.2, 0) is 10.2 Å². The van der Waals surface area contributed by atoms with Crippen LogP contribution in [-0.4, -0.2) is 62.1 Å². The molecular formula is C8H19N3O3S. The van der Waals surface area contributed by atoms with Crippen LogP contribution in [0.1, 0.15) is 12.8 Å². The average molecular weight is 237 g/mol. The van der Waals surface area contributed by atoms with Crippen molar-refractivity contribution in [1.29, 1.82) is 0 Å². The maximum Gasteiger partial charge on any atom is 0.277 e. The van der Waals surface area contributed by atoms with E-state index >= 15 is 0 Å². The Hall–Kier alpha value is -0.210. The number of hydrogen-bond acceptors (Lipinski definition) is 4. The maximum atomic E-state index is 11.3. The van der Waals surface area contributed by atoms with Gasteiger partial charge in [0.25, 0.3) is 10.2 Å². The van der Waals surface area contributed by atoms with Gasteiger partial charge in [0.15, 0.2) is 0 Å². The molecule has 7 heteroatoms. The van der Waals surface area contributed by atoms with Crippen molar-refractivity contribution in [2.45, 2.75) is 18.9 Å². The van der Waals surface area contributed by atoms with Crippen LogP contribution < -0.4 is 5.14 Å². The lowest BCUT2D eigenvalue weighted by molar-refractivity contribution is 0.161. The predicted molar refractivity (Wildman–Crippen MR) is 57.4 cm³/mol. The second kappa shape index (κ2) is 5.22. The number of aliphatic hydroxyl groups is 1. The molecule has 1 fully saturated rings. The molecule has 0 atom stereocenters. The van der Waals surface area contributed by atoms with E-state index in [4.69, 9.17) is 10.2 Å². The van der Waals surface area contributed by atoms with Gasteiger partial charge in [0.2, 0.25) is 0 Å². The molecule has 0 saturated carbocycles. The number of hydrogen-bond donors (Lipinski definition) is 2. The van der Waals surface area contributed by atoms with E-state index in [0.717, 1.165) is 25.9 Å². The van der Waals surface area contributed by atoms with E-state index in [9.17, 15) is 8.42 Å². The third-order valence-corrected chi connectivity index (χ3v) is 3.88. The molecule has 3 N–H and O–H groups in total. The van der Waals surface area contributed by atoms with Gasteiger partial charge >= 0.3 is 0 Å². The highest BCUT2D eigenvalue weighted by Crippen LogP contribution is 2.16. The molecule has 1 heterocycles. The summed E-state index contributed by atoms with van der Waals surface area (Å²) in [5, 5.41) is 13.9. The first-order valence-corrected chi connectivity index (χ1v) is 6.54. The van der Waals surface area contributed by atoms with Crippen molar-refractivity contribution in [3.8, 4) is 0 Å². The first-order valence-electron chi connectivity index (χ1n) is 5.04. The molecule has 0 aromatic rings. The molecule has 0 aromatic carbocycles. The molecule has 0 spiro atoms. The fourth-order valence-corrected chi connectivity index (χ4v) is 2.86. The molecule has 0 bridgehead atoms. The lowest BCUT2D eigenvalue weighted by Crippen LogP contribution is -2.49. The van der Waals surface area contributed by atoms with Crippen molar-refractivity contribution in [3.05, 3.63) is 0 Å². The first-order chi connectivity index (χ1) is 6.95. The second-order valence-electron chi connectivity index (χ2n) is 3.91. The van der Waals surface area contributed by atoms with Crippen LogP contribution in [0.4, 0.5) is 0 Å². The van der Waals surface area contributed by atoms with Gasteiger partial charge in [0, 0.05) is 12.6 Å². The molecule has 1 saturated heterocycles. The van der Waals surface area contributed by atoms with Gasteiger partial charge in [0.05, 0.1) is 6.61 Å². The Labute approximate surface area is 90.8 Å². The quantitative estimate of drug-likeness (QED) is 0.628. The topological polar surface area (TPSA) is 86.9 Å². The lowest BCUT2D eigenvalue weighted by Gasteiger charge is -2.35. The summed E-state index contributed by atoms with van der Waals surface area (Å²) in [6.07, 6.45) is 1.54. The normalized spacial score (nSPS) is 21.1. The van der Waals surface area contributed by atoms with Crippen molar-refractivity contribution in [3.63, 3.8) is 0 Å². The minimum absolute atomic E-state index is 0.0663. The zero-order valence-electron chi connectivity index (χ0n) is 8.96. The highest BCUT2D eigenvalue weighted by molar-refractivity contribution is 7.86. The minimum atomic E-state index is -3.69. The molecule has 0 radical (unpaired) electrons. The minimum Gasteiger partial charge on any atom is -0.395 e. The van der Waals surface area contributed by atoms with Crippen LogP contribution in [0.5, 0.6) is 0 Å². The van der Waals surface area contributed by atoms with E-state index in [1.165, 1.54) is 4.31 Å². The van der Waals surface area contributed by atoms with Crippen LogP contribution >= 0.6 is 0 Å². The van der Waals surface area contributed by atoms with Gasteiger partial charge in [-0.1, -0.05) is 0 Å². The number of rotatable bonds is 4. The van der Waals surface area contributed by atoms with E-state index in [1.54, 1.807) is 0 Å². The van der Waals surface area contributed by atoms with Gasteiger partial charge in [0.1, 0.15) is 0 Å². The summed E-state index contributed by atoms with van der Waals surface area (Å²) >= 11 is 0. The SMILES string of the molecule is CN1CCC(N(CCO)S(N)(=O)=O)CC1. The Morgan fingerprint density at radius 3 is 2.40 bits per heavy atom. The van der Waals surface area contributed by atoms with Gasteiger partial charge in [-0.05, 0) is 33.0 Å². The number of nitrogens with zero attached hydrogens (tertiary/aromatic N) is 2. The largest absolute Gasteiger partial charge is 0.395 e. The van der Waals surface area contributed by atoms with Gasteiger partial charge in [-0.2, -0.15) is 12.7 Å². The molecule has 0 amide bonds. The van der Waals surface area contributed by atoms with Gasteiger partial charge in [-0.3, -0.25) is 0 Å². The smallest absolute Gasteiger partial charge is 0.277 e. The summed E-state index contributed by atoms with van der Waals surface area (Å²) in [7, 11) is -1.69. The highest BCUT2D eigenvalue weighted by Gasteiger charge is 2.29. The third kappa shape index (κ3) is 3.69. The number of aliphatic hydroxyl groups excluding tert-OH is 1. The van der Waals surface area contributed by atoms with E-state index < -0.39 is 10.2 Å². The molecule has 1 aliphatic rings. The summed E-state index contributed by atoms with van der Waals surface area (Å²) < 4.78 is 23.8. The van der Waals surface area contributed by atoms with E-state index in [0.29, 0.717) is 0 Å². The Kier molecular flexibility index (Phi) is 4.47. The van der Waals surface area contributed by atoms with Crippen molar-refractivity contribution in [2.75, 3.05) is 33.3 Å². The monoisotopic (exact) mass is 237 g/mol. The van der Waals surface area contributed by atoms with Crippen LogP contribution in [0, 0.1) is 0 Å². The molecule has 0 aromatic heterocycles. The van der Waals surface area contributed by atoms with E-state index in [-0.39, 0.29) is 19.2 Å². The van der Waals surface area contributed by atoms with Gasteiger partial charge < -0.3 is 10.0 Å². The summed E-state index contributed by atoms with van der Waals surface area (Å²) in [6.45, 7) is 1.63. The zero-order chi connectivity index (χ0) is 11.5. The first kappa shape index (κ1) is 12.9. The number of nitrogens with two attached hydrogens (primary N) is 1. The van der Waals surface area contributed by atoms with Gasteiger partial charge in [-0.25, -0.2) is 5.14 Å². The zero-order valence-corrected chi connectivity index (χ0v) is 9.78. The Morgan fingerprint density at radius 2 is 2.00 bits per heavy atom. The maximum absolute atomic E-state index is 11.3. The van der Waals surface area contributed by atoms with Crippen molar-refractivity contribution < 1.29 is 13.5 Å². The van der Waals surface area contributed by atoms with Crippen molar-refractivity contribution in [1.82, 2.24) is 9.21 Å². The Balaban J connectivity index is 2.65. The molecule has 90 valence electrons. The molecule has 15 heavy (non-hydrogen) atoms. The highest BCUT2D eigenvalue weighted by atomic mass is 32.2. The lowest BCUT2D eigenvalue weighted by atomic mass is 10.1. The molecule has 1 aliphatic heterocycles. The summed E-state index contributed by atoms with van der Waals surface area (Å²) in [6, 6.07) is -0.0663. The molecule has 0 aliphatic carbocycles. The van der Waals surface area contributed by atoms with Crippen molar-refractivity contribution in [2.24, 2.45) is 5.14 Å². The Bertz CT molecular complexity index is 286. The van der Waals surface area contributed by atoms with Crippen molar-refractivity contribution >= 4 is 10.2 Å². The van der Waals surface area contributed by atoms with Crippen LogP contribution in [0.2, 0.25) is 0 Å². The summed E-state index contributed by atoms with van der Waals surface area (Å²) in [5.41, 5.74) is 0. The average Bonchev–Trinajstić information content (AvgIpc) is 2.14. The van der Waals surface area contributed by atoms with Crippen LogP contribution in [0.15, 0.2) is 0 Å². The standard InChI is InChI=1S/C8H19N3O3S/c1-10-4-2-8(3-5-10)11(6-7-12)15(9,13)14/h8,12H,2-7H2,1H3,(H2,9,13,14).